The minimum atomic E-state index is -4.49. The predicted molar refractivity (Wildman–Crippen MR) is 91.8 cm³/mol. The Balaban J connectivity index is 2.35. The molecule has 0 saturated carbocycles. The number of carbonyl (C=O) groups is 1. The van der Waals surface area contributed by atoms with Gasteiger partial charge in [0.1, 0.15) is 0 Å². The summed E-state index contributed by atoms with van der Waals surface area (Å²) in [5.41, 5.74) is 0.423. The van der Waals surface area contributed by atoms with Crippen LogP contribution in [0.2, 0.25) is 0 Å². The fourth-order valence-electron chi connectivity index (χ4n) is 2.71. The Labute approximate surface area is 149 Å². The lowest BCUT2D eigenvalue weighted by Crippen LogP contribution is -2.08. The molecular formula is C18H11BrF3NO2. The molecule has 0 spiro atoms. The summed E-state index contributed by atoms with van der Waals surface area (Å²) in [5.74, 6) is -1.15. The average Bonchev–Trinajstić information content (AvgIpc) is 2.59. The van der Waals surface area contributed by atoms with Gasteiger partial charge < -0.3 is 5.11 Å². The molecule has 128 valence electrons. The first-order valence-electron chi connectivity index (χ1n) is 7.21. The van der Waals surface area contributed by atoms with Crippen LogP contribution in [0.15, 0.2) is 48.5 Å². The van der Waals surface area contributed by atoms with E-state index in [9.17, 15) is 23.1 Å². The molecule has 0 bridgehead atoms. The van der Waals surface area contributed by atoms with Crippen LogP contribution < -0.4 is 0 Å². The van der Waals surface area contributed by atoms with Gasteiger partial charge in [0.2, 0.25) is 0 Å². The summed E-state index contributed by atoms with van der Waals surface area (Å²) in [6.45, 7) is 0. The van der Waals surface area contributed by atoms with Crippen molar-refractivity contribution in [3.63, 3.8) is 0 Å². The molecule has 0 amide bonds. The van der Waals surface area contributed by atoms with Crippen LogP contribution in [0.1, 0.15) is 21.5 Å². The van der Waals surface area contributed by atoms with Crippen LogP contribution in [0.3, 0.4) is 0 Å². The van der Waals surface area contributed by atoms with E-state index in [0.717, 1.165) is 12.1 Å². The van der Waals surface area contributed by atoms with Crippen molar-refractivity contribution in [2.75, 3.05) is 0 Å². The maximum absolute atomic E-state index is 13.0. The van der Waals surface area contributed by atoms with Crippen LogP contribution in [0.25, 0.3) is 22.2 Å². The SMILES string of the molecule is O=C(O)c1c(CBr)c(-c2cccc(C(F)(F)F)c2)nc2ccccc12. The van der Waals surface area contributed by atoms with Crippen molar-refractivity contribution < 1.29 is 23.1 Å². The molecule has 0 aliphatic heterocycles. The fourth-order valence-corrected chi connectivity index (χ4v) is 3.25. The number of nitrogens with zero attached hydrogens (tertiary/aromatic N) is 1. The van der Waals surface area contributed by atoms with Crippen molar-refractivity contribution in [3.05, 3.63) is 65.2 Å². The van der Waals surface area contributed by atoms with Gasteiger partial charge >= 0.3 is 12.1 Å². The number of halogens is 4. The van der Waals surface area contributed by atoms with Crippen LogP contribution in [-0.4, -0.2) is 16.1 Å². The highest BCUT2D eigenvalue weighted by Crippen LogP contribution is 2.35. The van der Waals surface area contributed by atoms with E-state index in [4.69, 9.17) is 0 Å². The number of benzene rings is 2. The summed E-state index contributed by atoms with van der Waals surface area (Å²) >= 11 is 3.24. The Hall–Kier alpha value is -2.41. The number of fused-ring (bicyclic) bond motifs is 1. The third-order valence-electron chi connectivity index (χ3n) is 3.80. The maximum Gasteiger partial charge on any atom is 0.416 e. The molecule has 7 heteroatoms. The number of carboxylic acids is 1. The van der Waals surface area contributed by atoms with Gasteiger partial charge in [-0.2, -0.15) is 13.2 Å². The highest BCUT2D eigenvalue weighted by atomic mass is 79.9. The average molecular weight is 410 g/mol. The Morgan fingerprint density at radius 2 is 1.84 bits per heavy atom. The number of aromatic carboxylic acids is 1. The van der Waals surface area contributed by atoms with E-state index in [1.54, 1.807) is 24.3 Å². The summed E-state index contributed by atoms with van der Waals surface area (Å²) in [6.07, 6.45) is -4.49. The molecule has 0 atom stereocenters. The maximum atomic E-state index is 13.0. The standard InChI is InChI=1S/C18H11BrF3NO2/c19-9-13-15(17(24)25)12-6-1-2-7-14(12)23-16(13)10-4-3-5-11(8-10)18(20,21)22/h1-8H,9H2,(H,24,25). The molecule has 25 heavy (non-hydrogen) atoms. The zero-order valence-corrected chi connectivity index (χ0v) is 14.2. The van der Waals surface area contributed by atoms with E-state index in [1.165, 1.54) is 12.1 Å². The lowest BCUT2D eigenvalue weighted by atomic mass is 9.97. The molecule has 0 unspecified atom stereocenters. The van der Waals surface area contributed by atoms with Crippen molar-refractivity contribution in [3.8, 4) is 11.3 Å². The summed E-state index contributed by atoms with van der Waals surface area (Å²) < 4.78 is 39.0. The predicted octanol–water partition coefficient (Wildman–Crippen LogP) is 5.51. The topological polar surface area (TPSA) is 50.2 Å². The lowest BCUT2D eigenvalue weighted by Gasteiger charge is -2.14. The van der Waals surface area contributed by atoms with E-state index in [-0.39, 0.29) is 22.2 Å². The number of aromatic nitrogens is 1. The van der Waals surface area contributed by atoms with Crippen molar-refractivity contribution in [2.45, 2.75) is 11.5 Å². The zero-order chi connectivity index (χ0) is 18.2. The smallest absolute Gasteiger partial charge is 0.416 e. The zero-order valence-electron chi connectivity index (χ0n) is 12.6. The molecule has 3 rings (SSSR count). The Morgan fingerprint density at radius 1 is 1.12 bits per heavy atom. The summed E-state index contributed by atoms with van der Waals surface area (Å²) in [7, 11) is 0. The third-order valence-corrected chi connectivity index (χ3v) is 4.36. The van der Waals surface area contributed by atoms with Gasteiger partial charge in [0.15, 0.2) is 0 Å². The van der Waals surface area contributed by atoms with Crippen LogP contribution in [0, 0.1) is 0 Å². The van der Waals surface area contributed by atoms with E-state index in [0.29, 0.717) is 16.5 Å². The summed E-state index contributed by atoms with van der Waals surface area (Å²) in [4.78, 5) is 16.2. The van der Waals surface area contributed by atoms with Crippen LogP contribution >= 0.6 is 15.9 Å². The number of para-hydroxylation sites is 1. The van der Waals surface area contributed by atoms with Crippen LogP contribution in [0.5, 0.6) is 0 Å². The van der Waals surface area contributed by atoms with Gasteiger partial charge in [0.05, 0.1) is 22.3 Å². The Bertz CT molecular complexity index is 970. The molecule has 0 aliphatic rings. The highest BCUT2D eigenvalue weighted by molar-refractivity contribution is 9.08. The highest BCUT2D eigenvalue weighted by Gasteiger charge is 2.31. The monoisotopic (exact) mass is 409 g/mol. The van der Waals surface area contributed by atoms with Gasteiger partial charge in [0, 0.05) is 21.8 Å². The first-order valence-corrected chi connectivity index (χ1v) is 8.33. The number of hydrogen-bond acceptors (Lipinski definition) is 2. The second-order valence-electron chi connectivity index (χ2n) is 5.35. The van der Waals surface area contributed by atoms with Crippen LogP contribution in [0.4, 0.5) is 13.2 Å². The van der Waals surface area contributed by atoms with Crippen LogP contribution in [-0.2, 0) is 11.5 Å². The largest absolute Gasteiger partial charge is 0.478 e. The molecule has 1 N–H and O–H groups in total. The van der Waals surface area contributed by atoms with E-state index in [1.807, 2.05) is 0 Å². The van der Waals surface area contributed by atoms with Gasteiger partial charge in [0.25, 0.3) is 0 Å². The van der Waals surface area contributed by atoms with E-state index in [2.05, 4.69) is 20.9 Å². The van der Waals surface area contributed by atoms with E-state index < -0.39 is 17.7 Å². The minimum Gasteiger partial charge on any atom is -0.478 e. The number of pyridine rings is 1. The molecule has 3 aromatic rings. The first kappa shape index (κ1) is 17.4. The fraction of sp³-hybridized carbons (Fsp3) is 0.111. The summed E-state index contributed by atoms with van der Waals surface area (Å²) in [5, 5.41) is 10.2. The third kappa shape index (κ3) is 3.24. The molecule has 0 radical (unpaired) electrons. The second-order valence-corrected chi connectivity index (χ2v) is 5.91. The quantitative estimate of drug-likeness (QED) is 0.579. The molecular weight excluding hydrogens is 399 g/mol. The van der Waals surface area contributed by atoms with E-state index >= 15 is 0 Å². The van der Waals surface area contributed by atoms with Crippen molar-refractivity contribution in [1.29, 1.82) is 0 Å². The molecule has 0 aliphatic carbocycles. The summed E-state index contributed by atoms with van der Waals surface area (Å²) in [6, 6.07) is 11.4. The molecule has 2 aromatic carbocycles. The van der Waals surface area contributed by atoms with Gasteiger partial charge in [-0.3, -0.25) is 0 Å². The molecule has 0 fully saturated rings. The minimum absolute atomic E-state index is 0.0369. The molecule has 0 saturated heterocycles. The number of carboxylic acid groups (broad SMARTS) is 1. The Morgan fingerprint density at radius 3 is 2.48 bits per heavy atom. The second kappa shape index (κ2) is 6.48. The first-order chi connectivity index (χ1) is 11.8. The number of alkyl halides is 4. The van der Waals surface area contributed by atoms with Gasteiger partial charge in [-0.05, 0) is 18.2 Å². The van der Waals surface area contributed by atoms with Gasteiger partial charge in [-0.15, -0.1) is 0 Å². The van der Waals surface area contributed by atoms with Crippen molar-refractivity contribution in [1.82, 2.24) is 4.98 Å². The molecule has 1 heterocycles. The van der Waals surface area contributed by atoms with Crippen molar-refractivity contribution in [2.24, 2.45) is 0 Å². The Kier molecular flexibility index (Phi) is 4.51. The normalized spacial score (nSPS) is 11.7. The van der Waals surface area contributed by atoms with Gasteiger partial charge in [-0.1, -0.05) is 46.3 Å². The number of rotatable bonds is 3. The molecule has 1 aromatic heterocycles. The molecule has 3 nitrogen and oxygen atoms in total. The van der Waals surface area contributed by atoms with Crippen molar-refractivity contribution >= 4 is 32.8 Å². The number of hydrogen-bond donors (Lipinski definition) is 1. The van der Waals surface area contributed by atoms with Gasteiger partial charge in [-0.25, -0.2) is 9.78 Å². The lowest BCUT2D eigenvalue weighted by molar-refractivity contribution is -0.137.